The number of hydrogen-bond donors (Lipinski definition) is 1. The van der Waals surface area contributed by atoms with Gasteiger partial charge in [-0.3, -0.25) is 4.68 Å². The third kappa shape index (κ3) is 1.42. The highest BCUT2D eigenvalue weighted by molar-refractivity contribution is 5.70. The summed E-state index contributed by atoms with van der Waals surface area (Å²) in [5, 5.41) is 7.98. The molecule has 0 atom stereocenters. The maximum atomic E-state index is 4.62. The zero-order chi connectivity index (χ0) is 10.3. The van der Waals surface area contributed by atoms with Crippen molar-refractivity contribution in [3.63, 3.8) is 0 Å². The van der Waals surface area contributed by atoms with Crippen LogP contribution in [0.5, 0.6) is 0 Å². The van der Waals surface area contributed by atoms with E-state index in [1.807, 2.05) is 0 Å². The molecule has 2 aliphatic heterocycles. The van der Waals surface area contributed by atoms with E-state index in [9.17, 15) is 0 Å². The molecule has 15 heavy (non-hydrogen) atoms. The third-order valence-corrected chi connectivity index (χ3v) is 3.40. The molecule has 3 nitrogen and oxygen atoms in total. The molecule has 0 bridgehead atoms. The number of rotatable bonds is 1. The van der Waals surface area contributed by atoms with Gasteiger partial charge in [-0.2, -0.15) is 5.10 Å². The van der Waals surface area contributed by atoms with Crippen LogP contribution in [-0.2, 0) is 13.0 Å². The van der Waals surface area contributed by atoms with Crippen molar-refractivity contribution in [2.75, 3.05) is 13.1 Å². The van der Waals surface area contributed by atoms with E-state index in [0.717, 1.165) is 26.1 Å². The second-order valence-electron chi connectivity index (χ2n) is 4.42. The number of aromatic nitrogens is 2. The Morgan fingerprint density at radius 2 is 2.33 bits per heavy atom. The largest absolute Gasteiger partial charge is 0.313 e. The second-order valence-corrected chi connectivity index (χ2v) is 4.42. The molecule has 3 heteroatoms. The van der Waals surface area contributed by atoms with Crippen molar-refractivity contribution in [2.45, 2.75) is 32.7 Å². The van der Waals surface area contributed by atoms with E-state index >= 15 is 0 Å². The number of hydrogen-bond acceptors (Lipinski definition) is 2. The molecular formula is C12H17N3. The Labute approximate surface area is 90.2 Å². The molecule has 0 spiro atoms. The van der Waals surface area contributed by atoms with Crippen LogP contribution in [0.1, 0.15) is 29.8 Å². The summed E-state index contributed by atoms with van der Waals surface area (Å²) in [4.78, 5) is 0. The molecule has 3 rings (SSSR count). The van der Waals surface area contributed by atoms with E-state index in [0.29, 0.717) is 0 Å². The molecular weight excluding hydrogens is 186 g/mol. The summed E-state index contributed by atoms with van der Waals surface area (Å²) >= 11 is 0. The van der Waals surface area contributed by atoms with Gasteiger partial charge in [-0.1, -0.05) is 6.08 Å². The van der Waals surface area contributed by atoms with Crippen LogP contribution in [0.3, 0.4) is 0 Å². The molecule has 3 heterocycles. The van der Waals surface area contributed by atoms with Gasteiger partial charge in [-0.25, -0.2) is 0 Å². The fourth-order valence-corrected chi connectivity index (χ4v) is 2.73. The summed E-state index contributed by atoms with van der Waals surface area (Å²) in [6, 6.07) is 0. The highest BCUT2D eigenvalue weighted by Crippen LogP contribution is 2.30. The standard InChI is InChI=1S/C12H17N3/c1-9-12(10-4-6-13-7-5-10)11-3-2-8-15(11)14-9/h4,13H,2-3,5-8H2,1H3. The van der Waals surface area contributed by atoms with Crippen molar-refractivity contribution in [3.05, 3.63) is 23.0 Å². The van der Waals surface area contributed by atoms with Crippen molar-refractivity contribution >= 4 is 5.57 Å². The zero-order valence-corrected chi connectivity index (χ0v) is 9.21. The molecule has 0 aromatic carbocycles. The Morgan fingerprint density at radius 3 is 3.13 bits per heavy atom. The van der Waals surface area contributed by atoms with Gasteiger partial charge in [0.1, 0.15) is 0 Å². The average Bonchev–Trinajstić information content (AvgIpc) is 2.78. The van der Waals surface area contributed by atoms with Crippen LogP contribution in [0, 0.1) is 6.92 Å². The summed E-state index contributed by atoms with van der Waals surface area (Å²) in [6.45, 7) is 5.38. The smallest absolute Gasteiger partial charge is 0.0671 e. The van der Waals surface area contributed by atoms with Crippen LogP contribution in [0.15, 0.2) is 6.08 Å². The van der Waals surface area contributed by atoms with Crippen molar-refractivity contribution in [1.29, 1.82) is 0 Å². The van der Waals surface area contributed by atoms with Crippen molar-refractivity contribution in [3.8, 4) is 0 Å². The van der Waals surface area contributed by atoms with Crippen LogP contribution in [-0.4, -0.2) is 22.9 Å². The summed E-state index contributed by atoms with van der Waals surface area (Å²) in [5.41, 5.74) is 5.65. The predicted molar refractivity (Wildman–Crippen MR) is 60.7 cm³/mol. The minimum Gasteiger partial charge on any atom is -0.313 e. The second kappa shape index (κ2) is 3.49. The highest BCUT2D eigenvalue weighted by atomic mass is 15.3. The number of fused-ring (bicyclic) bond motifs is 1. The van der Waals surface area contributed by atoms with E-state index in [1.54, 1.807) is 0 Å². The van der Waals surface area contributed by atoms with Gasteiger partial charge in [0.05, 0.1) is 5.69 Å². The van der Waals surface area contributed by atoms with Gasteiger partial charge >= 0.3 is 0 Å². The molecule has 2 aliphatic rings. The van der Waals surface area contributed by atoms with Gasteiger partial charge in [-0.15, -0.1) is 0 Å². The summed E-state index contributed by atoms with van der Waals surface area (Å²) in [5.74, 6) is 0. The zero-order valence-electron chi connectivity index (χ0n) is 9.21. The number of aryl methyl sites for hydroxylation is 2. The monoisotopic (exact) mass is 203 g/mol. The molecule has 0 fully saturated rings. The van der Waals surface area contributed by atoms with E-state index in [2.05, 4.69) is 28.1 Å². The van der Waals surface area contributed by atoms with Gasteiger partial charge in [0.25, 0.3) is 0 Å². The third-order valence-electron chi connectivity index (χ3n) is 3.40. The normalized spacial score (nSPS) is 20.2. The first-order valence-electron chi connectivity index (χ1n) is 5.82. The topological polar surface area (TPSA) is 29.9 Å². The van der Waals surface area contributed by atoms with E-state index in [4.69, 9.17) is 0 Å². The van der Waals surface area contributed by atoms with E-state index < -0.39 is 0 Å². The van der Waals surface area contributed by atoms with Crippen LogP contribution in [0.25, 0.3) is 5.57 Å². The Kier molecular flexibility index (Phi) is 2.13. The van der Waals surface area contributed by atoms with Crippen molar-refractivity contribution in [1.82, 2.24) is 15.1 Å². The molecule has 0 amide bonds. The first-order valence-corrected chi connectivity index (χ1v) is 5.82. The van der Waals surface area contributed by atoms with Crippen LogP contribution in [0.2, 0.25) is 0 Å². The summed E-state index contributed by atoms with van der Waals surface area (Å²) in [7, 11) is 0. The van der Waals surface area contributed by atoms with Gasteiger partial charge in [0.2, 0.25) is 0 Å². The Hall–Kier alpha value is -1.09. The maximum absolute atomic E-state index is 4.62. The molecule has 0 aliphatic carbocycles. The van der Waals surface area contributed by atoms with Crippen LogP contribution in [0.4, 0.5) is 0 Å². The fourth-order valence-electron chi connectivity index (χ4n) is 2.73. The van der Waals surface area contributed by atoms with Gasteiger partial charge in [-0.05, 0) is 38.3 Å². The molecule has 0 radical (unpaired) electrons. The minimum absolute atomic E-state index is 1.01. The van der Waals surface area contributed by atoms with Crippen LogP contribution >= 0.6 is 0 Å². The molecule has 1 N–H and O–H groups in total. The average molecular weight is 203 g/mol. The fraction of sp³-hybridized carbons (Fsp3) is 0.583. The molecule has 1 aromatic rings. The lowest BCUT2D eigenvalue weighted by Gasteiger charge is -2.14. The first kappa shape index (κ1) is 9.16. The quantitative estimate of drug-likeness (QED) is 0.750. The van der Waals surface area contributed by atoms with Crippen LogP contribution < -0.4 is 5.32 Å². The number of nitrogens with one attached hydrogen (secondary N) is 1. The van der Waals surface area contributed by atoms with Crippen molar-refractivity contribution < 1.29 is 0 Å². The SMILES string of the molecule is Cc1nn2c(c1C1=CCNCC1)CCC2. The molecule has 1 aromatic heterocycles. The lowest BCUT2D eigenvalue weighted by molar-refractivity contribution is 0.650. The lowest BCUT2D eigenvalue weighted by Crippen LogP contribution is -2.20. The first-order chi connectivity index (χ1) is 7.36. The number of nitrogens with zero attached hydrogens (tertiary/aromatic N) is 2. The van der Waals surface area contributed by atoms with E-state index in [1.165, 1.54) is 35.4 Å². The Bertz CT molecular complexity index is 415. The summed E-state index contributed by atoms with van der Waals surface area (Å²) < 4.78 is 2.20. The van der Waals surface area contributed by atoms with Gasteiger partial charge < -0.3 is 5.32 Å². The van der Waals surface area contributed by atoms with Gasteiger partial charge in [0, 0.05) is 24.3 Å². The summed E-state index contributed by atoms with van der Waals surface area (Å²) in [6.07, 6.45) is 5.95. The molecule has 0 unspecified atom stereocenters. The maximum Gasteiger partial charge on any atom is 0.0671 e. The minimum atomic E-state index is 1.01. The van der Waals surface area contributed by atoms with Gasteiger partial charge in [0.15, 0.2) is 0 Å². The van der Waals surface area contributed by atoms with E-state index in [-0.39, 0.29) is 0 Å². The lowest BCUT2D eigenvalue weighted by atomic mass is 9.97. The molecule has 0 saturated heterocycles. The highest BCUT2D eigenvalue weighted by Gasteiger charge is 2.22. The molecule has 0 saturated carbocycles. The predicted octanol–water partition coefficient (Wildman–Crippen LogP) is 1.51. The Morgan fingerprint density at radius 1 is 1.40 bits per heavy atom. The van der Waals surface area contributed by atoms with Crippen molar-refractivity contribution in [2.24, 2.45) is 0 Å². The molecule has 80 valence electrons. The Balaban J connectivity index is 2.06.